The van der Waals surface area contributed by atoms with Gasteiger partial charge in [0.2, 0.25) is 0 Å². The third kappa shape index (κ3) is 4.79. The minimum atomic E-state index is -0.463. The molecule has 1 fully saturated rings. The van der Waals surface area contributed by atoms with Gasteiger partial charge in [0.1, 0.15) is 5.60 Å². The second-order valence-corrected chi connectivity index (χ2v) is 8.75. The zero-order valence-corrected chi connectivity index (χ0v) is 16.3. The van der Waals surface area contributed by atoms with Gasteiger partial charge in [-0.25, -0.2) is 4.79 Å². The number of carbonyl (C=O) groups excluding carboxylic acids is 1. The topological polar surface area (TPSA) is 41.6 Å². The molecule has 1 saturated heterocycles. The molecule has 1 aromatic carbocycles. The molecule has 0 radical (unpaired) electrons. The highest BCUT2D eigenvalue weighted by Gasteiger charge is 2.38. The van der Waals surface area contributed by atoms with Crippen molar-refractivity contribution in [2.75, 3.05) is 18.4 Å². The first-order chi connectivity index (χ1) is 11.0. The summed E-state index contributed by atoms with van der Waals surface area (Å²) in [5, 5.41) is 4.35. The lowest BCUT2D eigenvalue weighted by Gasteiger charge is -2.45. The molecule has 0 spiro atoms. The summed E-state index contributed by atoms with van der Waals surface area (Å²) >= 11 is 6.22. The molecule has 1 aliphatic rings. The van der Waals surface area contributed by atoms with E-state index in [1.165, 1.54) is 0 Å². The van der Waals surface area contributed by atoms with E-state index in [9.17, 15) is 4.79 Å². The molecule has 1 aliphatic heterocycles. The van der Waals surface area contributed by atoms with Gasteiger partial charge in [0, 0.05) is 35.3 Å². The molecule has 0 saturated carbocycles. The third-order valence-electron chi connectivity index (χ3n) is 4.39. The Labute approximate surface area is 150 Å². The Morgan fingerprint density at radius 2 is 2.04 bits per heavy atom. The fourth-order valence-corrected chi connectivity index (χ4v) is 3.17. The number of rotatable bonds is 2. The van der Waals surface area contributed by atoms with Crippen LogP contribution in [0.3, 0.4) is 0 Å². The standard InChI is InChI=1S/C19H29ClN2O2/c1-13-7-8-14(11-15(13)20)21-16-9-10-22(12-19(16,5)6)17(23)24-18(2,3)4/h7-8,11,16,21H,9-10,12H2,1-6H3. The van der Waals surface area contributed by atoms with Gasteiger partial charge < -0.3 is 15.0 Å². The second kappa shape index (κ2) is 6.83. The van der Waals surface area contributed by atoms with E-state index in [4.69, 9.17) is 16.3 Å². The first-order valence-electron chi connectivity index (χ1n) is 8.48. The summed E-state index contributed by atoms with van der Waals surface area (Å²) < 4.78 is 5.50. The van der Waals surface area contributed by atoms with Gasteiger partial charge in [-0.2, -0.15) is 0 Å². The van der Waals surface area contributed by atoms with Crippen LogP contribution < -0.4 is 5.32 Å². The van der Waals surface area contributed by atoms with E-state index in [0.717, 1.165) is 22.7 Å². The Kier molecular flexibility index (Phi) is 5.38. The maximum atomic E-state index is 12.3. The SMILES string of the molecule is Cc1ccc(NC2CCN(C(=O)OC(C)(C)C)CC2(C)C)cc1Cl. The molecule has 0 aromatic heterocycles. The van der Waals surface area contributed by atoms with Gasteiger partial charge in [0.05, 0.1) is 0 Å². The molecule has 1 amide bonds. The van der Waals surface area contributed by atoms with Crippen molar-refractivity contribution in [2.24, 2.45) is 5.41 Å². The number of aryl methyl sites for hydroxylation is 1. The molecule has 0 aliphatic carbocycles. The summed E-state index contributed by atoms with van der Waals surface area (Å²) in [5.41, 5.74) is 1.57. The van der Waals surface area contributed by atoms with Crippen LogP contribution in [-0.2, 0) is 4.74 Å². The van der Waals surface area contributed by atoms with Crippen molar-refractivity contribution >= 4 is 23.4 Å². The Morgan fingerprint density at radius 1 is 1.38 bits per heavy atom. The smallest absolute Gasteiger partial charge is 0.410 e. The lowest BCUT2D eigenvalue weighted by molar-refractivity contribution is 0.00691. The number of benzene rings is 1. The molecule has 134 valence electrons. The lowest BCUT2D eigenvalue weighted by atomic mass is 9.79. The van der Waals surface area contributed by atoms with Crippen molar-refractivity contribution < 1.29 is 9.53 Å². The minimum absolute atomic E-state index is 0.0630. The number of nitrogens with zero attached hydrogens (tertiary/aromatic N) is 1. The van der Waals surface area contributed by atoms with Gasteiger partial charge >= 0.3 is 6.09 Å². The number of likely N-dealkylation sites (tertiary alicyclic amines) is 1. The van der Waals surface area contributed by atoms with Gasteiger partial charge in [0.15, 0.2) is 0 Å². The van der Waals surface area contributed by atoms with E-state index in [1.807, 2.05) is 44.7 Å². The van der Waals surface area contributed by atoms with Crippen molar-refractivity contribution in [3.63, 3.8) is 0 Å². The van der Waals surface area contributed by atoms with Crippen molar-refractivity contribution in [1.82, 2.24) is 4.90 Å². The quantitative estimate of drug-likeness (QED) is 0.805. The Bertz CT molecular complexity index is 608. The van der Waals surface area contributed by atoms with Crippen LogP contribution in [0, 0.1) is 12.3 Å². The second-order valence-electron chi connectivity index (χ2n) is 8.34. The van der Waals surface area contributed by atoms with Gasteiger partial charge in [0.25, 0.3) is 0 Å². The summed E-state index contributed by atoms with van der Waals surface area (Å²) in [6, 6.07) is 6.31. The van der Waals surface area contributed by atoms with Gasteiger partial charge in [-0.15, -0.1) is 0 Å². The molecule has 1 aromatic rings. The highest BCUT2D eigenvalue weighted by Crippen LogP contribution is 2.33. The van der Waals surface area contributed by atoms with Gasteiger partial charge in [-0.1, -0.05) is 31.5 Å². The van der Waals surface area contributed by atoms with Crippen molar-refractivity contribution in [2.45, 2.75) is 59.6 Å². The highest BCUT2D eigenvalue weighted by molar-refractivity contribution is 6.31. The molecule has 1 N–H and O–H groups in total. The fourth-order valence-electron chi connectivity index (χ4n) is 2.99. The van der Waals surface area contributed by atoms with Gasteiger partial charge in [-0.05, 0) is 51.8 Å². The van der Waals surface area contributed by atoms with E-state index >= 15 is 0 Å². The number of hydrogen-bond donors (Lipinski definition) is 1. The molecule has 1 heterocycles. The molecule has 0 bridgehead atoms. The Morgan fingerprint density at radius 3 is 2.58 bits per heavy atom. The Balaban J connectivity index is 2.03. The lowest BCUT2D eigenvalue weighted by Crippen LogP contribution is -2.54. The maximum Gasteiger partial charge on any atom is 0.410 e. The minimum Gasteiger partial charge on any atom is -0.444 e. The highest BCUT2D eigenvalue weighted by atomic mass is 35.5. The van der Waals surface area contributed by atoms with Gasteiger partial charge in [-0.3, -0.25) is 0 Å². The monoisotopic (exact) mass is 352 g/mol. The van der Waals surface area contributed by atoms with Crippen LogP contribution in [0.15, 0.2) is 18.2 Å². The summed E-state index contributed by atoms with van der Waals surface area (Å²) in [6.45, 7) is 13.4. The molecule has 5 heteroatoms. The maximum absolute atomic E-state index is 12.3. The fraction of sp³-hybridized carbons (Fsp3) is 0.632. The third-order valence-corrected chi connectivity index (χ3v) is 4.80. The van der Waals surface area contributed by atoms with Crippen molar-refractivity contribution in [1.29, 1.82) is 0 Å². The first kappa shape index (κ1) is 18.9. The first-order valence-corrected chi connectivity index (χ1v) is 8.86. The van der Waals surface area contributed by atoms with E-state index < -0.39 is 5.60 Å². The van der Waals surface area contributed by atoms with Crippen LogP contribution >= 0.6 is 11.6 Å². The average Bonchev–Trinajstić information content (AvgIpc) is 2.42. The number of amides is 1. The van der Waals surface area contributed by atoms with E-state index in [1.54, 1.807) is 0 Å². The largest absolute Gasteiger partial charge is 0.444 e. The van der Waals surface area contributed by atoms with Crippen LogP contribution in [-0.4, -0.2) is 35.7 Å². The molecule has 4 nitrogen and oxygen atoms in total. The summed E-state index contributed by atoms with van der Waals surface area (Å²) in [7, 11) is 0. The van der Waals surface area contributed by atoms with Crippen LogP contribution in [0.2, 0.25) is 5.02 Å². The summed E-state index contributed by atoms with van der Waals surface area (Å²) in [4.78, 5) is 14.1. The van der Waals surface area contributed by atoms with Crippen LogP contribution in [0.4, 0.5) is 10.5 Å². The number of nitrogens with one attached hydrogen (secondary N) is 1. The van der Waals surface area contributed by atoms with Crippen LogP contribution in [0.5, 0.6) is 0 Å². The zero-order valence-electron chi connectivity index (χ0n) is 15.6. The number of hydrogen-bond acceptors (Lipinski definition) is 3. The number of halogens is 1. The normalized spacial score (nSPS) is 20.6. The summed E-state index contributed by atoms with van der Waals surface area (Å²) in [5.74, 6) is 0. The van der Waals surface area contributed by atoms with E-state index in [2.05, 4.69) is 25.2 Å². The van der Waals surface area contributed by atoms with Crippen LogP contribution in [0.1, 0.15) is 46.6 Å². The average molecular weight is 353 g/mol. The van der Waals surface area contributed by atoms with E-state index in [-0.39, 0.29) is 17.6 Å². The molecular formula is C19H29ClN2O2. The zero-order chi connectivity index (χ0) is 18.1. The molecule has 1 atom stereocenters. The van der Waals surface area contributed by atoms with Crippen molar-refractivity contribution in [3.05, 3.63) is 28.8 Å². The molecule has 1 unspecified atom stereocenters. The number of anilines is 1. The molecule has 2 rings (SSSR count). The number of ether oxygens (including phenoxy) is 1. The number of piperidine rings is 1. The predicted octanol–water partition coefficient (Wildman–Crippen LogP) is 5.10. The summed E-state index contributed by atoms with van der Waals surface area (Å²) in [6.07, 6.45) is 0.644. The van der Waals surface area contributed by atoms with Crippen LogP contribution in [0.25, 0.3) is 0 Å². The Hall–Kier alpha value is -1.42. The van der Waals surface area contributed by atoms with E-state index in [0.29, 0.717) is 13.1 Å². The molecular weight excluding hydrogens is 324 g/mol. The molecule has 24 heavy (non-hydrogen) atoms. The van der Waals surface area contributed by atoms with Crippen molar-refractivity contribution in [3.8, 4) is 0 Å². The predicted molar refractivity (Wildman–Crippen MR) is 99.8 cm³/mol. The number of carbonyl (C=O) groups is 1.